The second-order valence-corrected chi connectivity index (χ2v) is 8.06. The summed E-state index contributed by atoms with van der Waals surface area (Å²) in [7, 11) is 1.61. The first-order chi connectivity index (χ1) is 13.1. The van der Waals surface area contributed by atoms with Crippen LogP contribution in [0.3, 0.4) is 0 Å². The Morgan fingerprint density at radius 2 is 1.57 bits per heavy atom. The lowest BCUT2D eigenvalue weighted by molar-refractivity contribution is -0.135. The zero-order valence-electron chi connectivity index (χ0n) is 16.1. The summed E-state index contributed by atoms with van der Waals surface area (Å²) in [5.74, 6) is -1.27. The van der Waals surface area contributed by atoms with Crippen LogP contribution in [0.1, 0.15) is 15.9 Å². The third-order valence-electron chi connectivity index (χ3n) is 3.82. The third-order valence-corrected chi connectivity index (χ3v) is 4.43. The molecule has 0 aromatic heterocycles. The van der Waals surface area contributed by atoms with Crippen LogP contribution in [-0.4, -0.2) is 47.6 Å². The monoisotopic (exact) mass is 402 g/mol. The first kappa shape index (κ1) is 21.2. The van der Waals surface area contributed by atoms with Crippen molar-refractivity contribution in [1.82, 2.24) is 0 Å². The molecule has 0 bridgehead atoms. The third kappa shape index (κ3) is 5.68. The van der Waals surface area contributed by atoms with E-state index in [9.17, 15) is 18.0 Å². The van der Waals surface area contributed by atoms with Crippen molar-refractivity contribution < 1.29 is 22.7 Å². The molecule has 148 valence electrons. The second kappa shape index (κ2) is 8.71. The van der Waals surface area contributed by atoms with Gasteiger partial charge in [-0.3, -0.25) is 9.52 Å². The molecular formula is C20H22N2O5S. The fourth-order valence-electron chi connectivity index (χ4n) is 2.42. The van der Waals surface area contributed by atoms with Gasteiger partial charge in [-0.25, -0.2) is 13.2 Å². The van der Waals surface area contributed by atoms with Crippen LogP contribution in [0.25, 0.3) is 6.08 Å². The first-order valence-electron chi connectivity index (χ1n) is 8.30. The minimum absolute atomic E-state index is 0.121. The Bertz CT molecular complexity index is 992. The van der Waals surface area contributed by atoms with Crippen LogP contribution in [0, 0.1) is 0 Å². The Morgan fingerprint density at radius 1 is 1.00 bits per heavy atom. The van der Waals surface area contributed by atoms with Crippen LogP contribution >= 0.6 is 0 Å². The standard InChI is InChI=1S/C20H22N2O5S/c1-22(2)17-11-5-14(6-12-17)13-18(20(24)27-3)19(23)15-7-9-16(10-8-15)21-28(4,25)26/h5-13,21H,1-4H3. The van der Waals surface area contributed by atoms with Crippen molar-refractivity contribution in [3.05, 3.63) is 65.2 Å². The summed E-state index contributed by atoms with van der Waals surface area (Å²) >= 11 is 0. The molecule has 0 radical (unpaired) electrons. The van der Waals surface area contributed by atoms with Gasteiger partial charge in [0.05, 0.1) is 13.4 Å². The molecule has 0 atom stereocenters. The zero-order valence-corrected chi connectivity index (χ0v) is 16.9. The number of ketones is 1. The lowest BCUT2D eigenvalue weighted by Gasteiger charge is -2.12. The number of benzene rings is 2. The molecule has 1 N–H and O–H groups in total. The van der Waals surface area contributed by atoms with E-state index in [2.05, 4.69) is 4.72 Å². The van der Waals surface area contributed by atoms with E-state index in [1.165, 1.54) is 37.5 Å². The summed E-state index contributed by atoms with van der Waals surface area (Å²) in [6.45, 7) is 0. The lowest BCUT2D eigenvalue weighted by atomic mass is 10.0. The van der Waals surface area contributed by atoms with E-state index in [0.29, 0.717) is 11.3 Å². The number of methoxy groups -OCH3 is 1. The van der Waals surface area contributed by atoms with Crippen LogP contribution in [0.2, 0.25) is 0 Å². The van der Waals surface area contributed by atoms with E-state index in [-0.39, 0.29) is 11.1 Å². The Hall–Kier alpha value is -3.13. The predicted molar refractivity (Wildman–Crippen MR) is 110 cm³/mol. The van der Waals surface area contributed by atoms with Crippen molar-refractivity contribution in [3.63, 3.8) is 0 Å². The molecule has 0 saturated carbocycles. The van der Waals surface area contributed by atoms with Crippen molar-refractivity contribution in [1.29, 1.82) is 0 Å². The van der Waals surface area contributed by atoms with Gasteiger partial charge in [0.2, 0.25) is 10.0 Å². The normalized spacial score (nSPS) is 11.6. The molecule has 0 fully saturated rings. The minimum Gasteiger partial charge on any atom is -0.465 e. The van der Waals surface area contributed by atoms with Crippen LogP contribution in [-0.2, 0) is 19.6 Å². The van der Waals surface area contributed by atoms with Gasteiger partial charge in [-0.2, -0.15) is 0 Å². The van der Waals surface area contributed by atoms with E-state index in [4.69, 9.17) is 4.74 Å². The highest BCUT2D eigenvalue weighted by molar-refractivity contribution is 7.92. The lowest BCUT2D eigenvalue weighted by Crippen LogP contribution is -2.15. The van der Waals surface area contributed by atoms with E-state index >= 15 is 0 Å². The predicted octanol–water partition coefficient (Wildman–Crippen LogP) is 2.56. The largest absolute Gasteiger partial charge is 0.465 e. The maximum Gasteiger partial charge on any atom is 0.341 e. The summed E-state index contributed by atoms with van der Waals surface area (Å²) in [6.07, 6.45) is 2.50. The van der Waals surface area contributed by atoms with Crippen LogP contribution in [0.15, 0.2) is 54.1 Å². The number of hydrogen-bond acceptors (Lipinski definition) is 6. The van der Waals surface area contributed by atoms with Gasteiger partial charge in [0, 0.05) is 31.0 Å². The molecule has 2 aromatic rings. The molecule has 0 aliphatic carbocycles. The fourth-order valence-corrected chi connectivity index (χ4v) is 2.99. The van der Waals surface area contributed by atoms with Gasteiger partial charge in [0.1, 0.15) is 5.57 Å². The molecule has 2 rings (SSSR count). The molecule has 2 aromatic carbocycles. The molecule has 7 nitrogen and oxygen atoms in total. The molecular weight excluding hydrogens is 380 g/mol. The number of rotatable bonds is 7. The Kier molecular flexibility index (Phi) is 6.58. The highest BCUT2D eigenvalue weighted by Crippen LogP contribution is 2.19. The smallest absolute Gasteiger partial charge is 0.341 e. The minimum atomic E-state index is -3.42. The Balaban J connectivity index is 2.34. The number of nitrogens with one attached hydrogen (secondary N) is 1. The second-order valence-electron chi connectivity index (χ2n) is 6.32. The van der Waals surface area contributed by atoms with Crippen molar-refractivity contribution in [2.24, 2.45) is 0 Å². The SMILES string of the molecule is COC(=O)C(=Cc1ccc(N(C)C)cc1)C(=O)c1ccc(NS(C)(=O)=O)cc1. The molecule has 0 saturated heterocycles. The number of sulfonamides is 1. The topological polar surface area (TPSA) is 92.8 Å². The summed E-state index contributed by atoms with van der Waals surface area (Å²) in [5, 5.41) is 0. The first-order valence-corrected chi connectivity index (χ1v) is 10.2. The van der Waals surface area contributed by atoms with E-state index < -0.39 is 21.8 Å². The number of hydrogen-bond donors (Lipinski definition) is 1. The van der Waals surface area contributed by atoms with Crippen LogP contribution in [0.4, 0.5) is 11.4 Å². The van der Waals surface area contributed by atoms with Gasteiger partial charge >= 0.3 is 5.97 Å². The number of nitrogens with zero attached hydrogens (tertiary/aromatic N) is 1. The van der Waals surface area contributed by atoms with E-state index in [1.807, 2.05) is 31.1 Å². The molecule has 0 heterocycles. The molecule has 28 heavy (non-hydrogen) atoms. The highest BCUT2D eigenvalue weighted by atomic mass is 32.2. The summed E-state index contributed by atoms with van der Waals surface area (Å²) in [5.41, 5.74) is 2.10. The molecule has 0 spiro atoms. The van der Waals surface area contributed by atoms with Crippen LogP contribution < -0.4 is 9.62 Å². The van der Waals surface area contributed by atoms with Crippen molar-refractivity contribution in [2.75, 3.05) is 37.1 Å². The molecule has 0 amide bonds. The Morgan fingerprint density at radius 3 is 2.04 bits per heavy atom. The average Bonchev–Trinajstić information content (AvgIpc) is 2.64. The maximum absolute atomic E-state index is 12.8. The quantitative estimate of drug-likeness (QED) is 0.252. The average molecular weight is 402 g/mol. The summed E-state index contributed by atoms with van der Waals surface area (Å²) in [6, 6.07) is 13.1. The van der Waals surface area contributed by atoms with Crippen molar-refractivity contribution in [3.8, 4) is 0 Å². The number of carbonyl (C=O) groups is 2. The summed E-state index contributed by atoms with van der Waals surface area (Å²) in [4.78, 5) is 26.9. The molecule has 0 unspecified atom stereocenters. The Labute approximate surface area is 164 Å². The van der Waals surface area contributed by atoms with Gasteiger partial charge < -0.3 is 9.64 Å². The van der Waals surface area contributed by atoms with Gasteiger partial charge in [-0.1, -0.05) is 12.1 Å². The van der Waals surface area contributed by atoms with Crippen molar-refractivity contribution >= 4 is 39.2 Å². The van der Waals surface area contributed by atoms with Gasteiger partial charge in [0.15, 0.2) is 5.78 Å². The molecule has 0 aliphatic heterocycles. The highest BCUT2D eigenvalue weighted by Gasteiger charge is 2.21. The van der Waals surface area contributed by atoms with E-state index in [0.717, 1.165) is 11.9 Å². The zero-order chi connectivity index (χ0) is 20.9. The number of anilines is 2. The summed E-state index contributed by atoms with van der Waals surface area (Å²) < 4.78 is 29.6. The van der Waals surface area contributed by atoms with Crippen LogP contribution in [0.5, 0.6) is 0 Å². The molecule has 8 heteroatoms. The number of carbonyl (C=O) groups excluding carboxylic acids is 2. The van der Waals surface area contributed by atoms with Crippen molar-refractivity contribution in [2.45, 2.75) is 0 Å². The number of esters is 1. The van der Waals surface area contributed by atoms with Gasteiger partial charge in [0.25, 0.3) is 0 Å². The van der Waals surface area contributed by atoms with E-state index in [1.54, 1.807) is 12.1 Å². The van der Waals surface area contributed by atoms with Gasteiger partial charge in [-0.15, -0.1) is 0 Å². The molecule has 0 aliphatic rings. The number of Topliss-reactive ketones (excluding diaryl/α,β-unsaturated/α-hetero) is 1. The number of ether oxygens (including phenoxy) is 1. The fraction of sp³-hybridized carbons (Fsp3) is 0.200. The maximum atomic E-state index is 12.8. The van der Waals surface area contributed by atoms with Gasteiger partial charge in [-0.05, 0) is 48.0 Å².